The third-order valence-corrected chi connectivity index (χ3v) is 6.98. The topological polar surface area (TPSA) is 54.0 Å². The predicted octanol–water partition coefficient (Wildman–Crippen LogP) is 4.06. The Morgan fingerprint density at radius 2 is 1.52 bits per heavy atom. The van der Waals surface area contributed by atoms with Gasteiger partial charge < -0.3 is 19.3 Å². The molecule has 3 aliphatic rings. The Balaban J connectivity index is 1.18. The van der Waals surface area contributed by atoms with Gasteiger partial charge in [-0.05, 0) is 42.7 Å². The lowest BCUT2D eigenvalue weighted by molar-refractivity contribution is 0.174. The Morgan fingerprint density at radius 3 is 2.36 bits per heavy atom. The first-order chi connectivity index (χ1) is 16.3. The number of nitrogens with zero attached hydrogens (tertiary/aromatic N) is 5. The summed E-state index contributed by atoms with van der Waals surface area (Å²) in [5, 5.41) is 1.17. The number of hydrogen-bond acceptors (Lipinski definition) is 7. The van der Waals surface area contributed by atoms with E-state index in [0.29, 0.717) is 6.79 Å². The second-order valence-corrected chi connectivity index (χ2v) is 9.22. The molecule has 33 heavy (non-hydrogen) atoms. The van der Waals surface area contributed by atoms with Gasteiger partial charge in [0.05, 0.1) is 5.52 Å². The Hall–Kier alpha value is -3.06. The Labute approximate surface area is 194 Å². The molecule has 2 fully saturated rings. The second kappa shape index (κ2) is 9.06. The van der Waals surface area contributed by atoms with Crippen molar-refractivity contribution in [1.29, 1.82) is 0 Å². The smallest absolute Gasteiger partial charge is 0.231 e. The summed E-state index contributed by atoms with van der Waals surface area (Å²) >= 11 is 0. The molecule has 7 nitrogen and oxygen atoms in total. The van der Waals surface area contributed by atoms with Gasteiger partial charge in [-0.25, -0.2) is 4.98 Å². The summed E-state index contributed by atoms with van der Waals surface area (Å²) < 4.78 is 11.0. The normalized spacial score (nSPS) is 19.2. The van der Waals surface area contributed by atoms with Gasteiger partial charge in [0.2, 0.25) is 12.7 Å². The van der Waals surface area contributed by atoms with Crippen LogP contribution in [-0.4, -0.2) is 60.9 Å². The van der Waals surface area contributed by atoms with Gasteiger partial charge in [-0.1, -0.05) is 31.0 Å². The van der Waals surface area contributed by atoms with E-state index in [-0.39, 0.29) is 0 Å². The molecule has 7 heteroatoms. The van der Waals surface area contributed by atoms with Crippen LogP contribution in [0.5, 0.6) is 11.5 Å². The van der Waals surface area contributed by atoms with E-state index in [1.807, 2.05) is 6.07 Å². The van der Waals surface area contributed by atoms with Gasteiger partial charge in [-0.2, -0.15) is 4.98 Å². The van der Waals surface area contributed by atoms with Crippen LogP contribution in [0.2, 0.25) is 0 Å². The molecule has 2 saturated heterocycles. The molecule has 0 radical (unpaired) electrons. The predicted molar refractivity (Wildman–Crippen MR) is 130 cm³/mol. The Morgan fingerprint density at radius 1 is 0.727 bits per heavy atom. The van der Waals surface area contributed by atoms with Crippen molar-refractivity contribution in [3.05, 3.63) is 48.0 Å². The fourth-order valence-electron chi connectivity index (χ4n) is 5.12. The molecular formula is C26H31N5O2. The second-order valence-electron chi connectivity index (χ2n) is 9.22. The number of para-hydroxylation sites is 1. The summed E-state index contributed by atoms with van der Waals surface area (Å²) in [6.07, 6.45) is 5.12. The van der Waals surface area contributed by atoms with Crippen molar-refractivity contribution in [3.8, 4) is 11.5 Å². The molecule has 0 aliphatic carbocycles. The van der Waals surface area contributed by atoms with Crippen LogP contribution >= 0.6 is 0 Å². The first-order valence-corrected chi connectivity index (χ1v) is 12.2. The lowest BCUT2D eigenvalue weighted by Gasteiger charge is -2.35. The number of fused-ring (bicyclic) bond motifs is 2. The van der Waals surface area contributed by atoms with Crippen LogP contribution in [-0.2, 0) is 6.54 Å². The monoisotopic (exact) mass is 445 g/mol. The fraction of sp³-hybridized carbons (Fsp3) is 0.462. The van der Waals surface area contributed by atoms with Crippen LogP contribution < -0.4 is 19.3 Å². The molecule has 172 valence electrons. The number of hydrogen-bond donors (Lipinski definition) is 0. The lowest BCUT2D eigenvalue weighted by Crippen LogP contribution is -2.46. The van der Waals surface area contributed by atoms with Gasteiger partial charge in [-0.3, -0.25) is 4.90 Å². The van der Waals surface area contributed by atoms with Crippen LogP contribution in [0.4, 0.5) is 11.8 Å². The average Bonchev–Trinajstić information content (AvgIpc) is 3.16. The number of benzene rings is 2. The summed E-state index contributed by atoms with van der Waals surface area (Å²) in [6, 6.07) is 14.7. The van der Waals surface area contributed by atoms with Gasteiger partial charge in [0.1, 0.15) is 5.82 Å². The zero-order valence-electron chi connectivity index (χ0n) is 19.1. The van der Waals surface area contributed by atoms with E-state index in [2.05, 4.69) is 51.1 Å². The first kappa shape index (κ1) is 20.5. The van der Waals surface area contributed by atoms with Crippen molar-refractivity contribution in [2.75, 3.05) is 55.9 Å². The highest BCUT2D eigenvalue weighted by Crippen LogP contribution is 2.33. The van der Waals surface area contributed by atoms with Crippen LogP contribution in [0.1, 0.15) is 31.2 Å². The highest BCUT2D eigenvalue weighted by atomic mass is 16.7. The van der Waals surface area contributed by atoms with E-state index in [1.54, 1.807) is 0 Å². The van der Waals surface area contributed by atoms with E-state index in [1.165, 1.54) is 36.6 Å². The summed E-state index contributed by atoms with van der Waals surface area (Å²) in [7, 11) is 0. The maximum absolute atomic E-state index is 5.54. The van der Waals surface area contributed by atoms with Crippen molar-refractivity contribution >= 4 is 22.7 Å². The zero-order chi connectivity index (χ0) is 22.0. The first-order valence-electron chi connectivity index (χ1n) is 12.2. The number of anilines is 2. The molecule has 3 aliphatic heterocycles. The summed E-state index contributed by atoms with van der Waals surface area (Å²) in [6.45, 7) is 7.26. The maximum Gasteiger partial charge on any atom is 0.231 e. The van der Waals surface area contributed by atoms with E-state index in [4.69, 9.17) is 19.4 Å². The lowest BCUT2D eigenvalue weighted by atomic mass is 10.1. The van der Waals surface area contributed by atoms with Crippen molar-refractivity contribution in [2.45, 2.75) is 32.2 Å². The summed E-state index contributed by atoms with van der Waals surface area (Å²) in [5.74, 6) is 3.69. The molecule has 0 bridgehead atoms. The molecule has 0 unspecified atom stereocenters. The van der Waals surface area contributed by atoms with Gasteiger partial charge in [0.25, 0.3) is 0 Å². The van der Waals surface area contributed by atoms with Crippen LogP contribution in [0.25, 0.3) is 10.9 Å². The fourth-order valence-corrected chi connectivity index (χ4v) is 5.12. The molecule has 1 aromatic heterocycles. The van der Waals surface area contributed by atoms with E-state index < -0.39 is 0 Å². The summed E-state index contributed by atoms with van der Waals surface area (Å²) in [4.78, 5) is 17.4. The van der Waals surface area contributed by atoms with E-state index >= 15 is 0 Å². The Bertz CT molecular complexity index is 1120. The third-order valence-electron chi connectivity index (χ3n) is 6.98. The Kier molecular flexibility index (Phi) is 5.64. The quantitative estimate of drug-likeness (QED) is 0.600. The minimum atomic E-state index is 0.322. The minimum absolute atomic E-state index is 0.322. The molecule has 0 N–H and O–H groups in total. The molecule has 6 rings (SSSR count). The van der Waals surface area contributed by atoms with Gasteiger partial charge in [0, 0.05) is 51.2 Å². The number of aromatic nitrogens is 2. The molecule has 2 aromatic carbocycles. The molecule has 0 saturated carbocycles. The molecule has 3 aromatic rings. The largest absolute Gasteiger partial charge is 0.454 e. The molecular weight excluding hydrogens is 414 g/mol. The van der Waals surface area contributed by atoms with Crippen LogP contribution in [0, 0.1) is 0 Å². The number of rotatable bonds is 4. The SMILES string of the molecule is c1ccc2c(N3CCCCCC3)nc(N3CCN(Cc4ccc5c(c4)OCO5)CC3)nc2c1. The molecule has 0 spiro atoms. The van der Waals surface area contributed by atoms with Gasteiger partial charge >= 0.3 is 0 Å². The van der Waals surface area contributed by atoms with Crippen molar-refractivity contribution in [3.63, 3.8) is 0 Å². The van der Waals surface area contributed by atoms with Crippen molar-refractivity contribution in [2.24, 2.45) is 0 Å². The van der Waals surface area contributed by atoms with Crippen LogP contribution in [0.3, 0.4) is 0 Å². The third kappa shape index (κ3) is 4.29. The van der Waals surface area contributed by atoms with E-state index in [9.17, 15) is 0 Å². The van der Waals surface area contributed by atoms with Crippen molar-refractivity contribution < 1.29 is 9.47 Å². The van der Waals surface area contributed by atoms with E-state index in [0.717, 1.165) is 74.6 Å². The van der Waals surface area contributed by atoms with Crippen LogP contribution in [0.15, 0.2) is 42.5 Å². The number of piperazine rings is 1. The highest BCUT2D eigenvalue weighted by molar-refractivity contribution is 5.90. The van der Waals surface area contributed by atoms with Crippen molar-refractivity contribution in [1.82, 2.24) is 14.9 Å². The average molecular weight is 446 g/mol. The summed E-state index contributed by atoms with van der Waals surface area (Å²) in [5.41, 5.74) is 2.31. The molecule has 4 heterocycles. The maximum atomic E-state index is 5.54. The highest BCUT2D eigenvalue weighted by Gasteiger charge is 2.23. The zero-order valence-corrected chi connectivity index (χ0v) is 19.1. The molecule has 0 amide bonds. The van der Waals surface area contributed by atoms with Gasteiger partial charge in [0.15, 0.2) is 11.5 Å². The molecule has 0 atom stereocenters. The number of ether oxygens (including phenoxy) is 2. The standard InChI is InChI=1S/C26H31N5O2/c1-2-6-12-30(11-5-1)25-21-7-3-4-8-22(21)27-26(28-25)31-15-13-29(14-16-31)18-20-9-10-23-24(17-20)33-19-32-23/h3-4,7-10,17H,1-2,5-6,11-16,18-19H2. The minimum Gasteiger partial charge on any atom is -0.454 e. The van der Waals surface area contributed by atoms with Gasteiger partial charge in [-0.15, -0.1) is 0 Å².